The summed E-state index contributed by atoms with van der Waals surface area (Å²) >= 11 is 1.81. The fourth-order valence-electron chi connectivity index (χ4n) is 2.91. The van der Waals surface area contributed by atoms with Crippen molar-refractivity contribution in [3.63, 3.8) is 0 Å². The number of methoxy groups -OCH3 is 1. The third-order valence-electron chi connectivity index (χ3n) is 4.30. The number of rotatable bonds is 5. The van der Waals surface area contributed by atoms with Crippen molar-refractivity contribution in [2.24, 2.45) is 4.99 Å². The van der Waals surface area contributed by atoms with E-state index in [1.807, 2.05) is 23.5 Å². The van der Waals surface area contributed by atoms with Crippen LogP contribution in [-0.2, 0) is 6.54 Å². The van der Waals surface area contributed by atoms with Gasteiger partial charge in [0.15, 0.2) is 5.96 Å². The molecule has 3 rings (SSSR count). The van der Waals surface area contributed by atoms with Crippen LogP contribution in [0.3, 0.4) is 0 Å². The number of hydrogen-bond acceptors (Lipinski definition) is 4. The summed E-state index contributed by atoms with van der Waals surface area (Å²) < 4.78 is 5.21. The third-order valence-corrected chi connectivity index (χ3v) is 5.23. The van der Waals surface area contributed by atoms with Gasteiger partial charge in [0.25, 0.3) is 0 Å². The highest BCUT2D eigenvalue weighted by atomic mass is 127. The molecule has 142 valence electrons. The molecule has 1 saturated heterocycles. The second kappa shape index (κ2) is 10.6. The van der Waals surface area contributed by atoms with Crippen molar-refractivity contribution >= 4 is 46.3 Å². The van der Waals surface area contributed by atoms with E-state index in [1.54, 1.807) is 7.11 Å². The maximum absolute atomic E-state index is 5.21. The van der Waals surface area contributed by atoms with Gasteiger partial charge in [-0.1, -0.05) is 12.1 Å². The van der Waals surface area contributed by atoms with E-state index in [0.29, 0.717) is 6.54 Å². The summed E-state index contributed by atoms with van der Waals surface area (Å²) in [4.78, 5) is 9.64. The number of halogens is 1. The van der Waals surface area contributed by atoms with E-state index in [1.165, 1.54) is 10.6 Å². The summed E-state index contributed by atoms with van der Waals surface area (Å²) in [5.74, 6) is 1.88. The first-order valence-electron chi connectivity index (χ1n) is 8.75. The SMILES string of the molecule is CCNC(=NCc1ccc(OC)cc1)N1CCN(c2cccs2)CC1.I. The van der Waals surface area contributed by atoms with Gasteiger partial charge in [-0.2, -0.15) is 0 Å². The molecule has 7 heteroatoms. The summed E-state index contributed by atoms with van der Waals surface area (Å²) in [6.07, 6.45) is 0. The van der Waals surface area contributed by atoms with Crippen LogP contribution in [0.2, 0.25) is 0 Å². The van der Waals surface area contributed by atoms with Crippen LogP contribution in [0.1, 0.15) is 12.5 Å². The molecular weight excluding hydrogens is 459 g/mol. The Bertz CT molecular complexity index is 667. The van der Waals surface area contributed by atoms with Gasteiger partial charge < -0.3 is 19.9 Å². The number of anilines is 1. The number of piperazine rings is 1. The molecule has 5 nitrogen and oxygen atoms in total. The smallest absolute Gasteiger partial charge is 0.194 e. The van der Waals surface area contributed by atoms with Crippen molar-refractivity contribution in [3.8, 4) is 5.75 Å². The van der Waals surface area contributed by atoms with Crippen molar-refractivity contribution in [2.45, 2.75) is 13.5 Å². The van der Waals surface area contributed by atoms with E-state index in [4.69, 9.17) is 9.73 Å². The van der Waals surface area contributed by atoms with Crippen LogP contribution in [0.25, 0.3) is 0 Å². The normalized spacial score (nSPS) is 14.8. The first kappa shape index (κ1) is 20.8. The largest absolute Gasteiger partial charge is 0.497 e. The molecule has 26 heavy (non-hydrogen) atoms. The summed E-state index contributed by atoms with van der Waals surface area (Å²) in [5.41, 5.74) is 1.19. The number of thiophene rings is 1. The van der Waals surface area contributed by atoms with Crippen molar-refractivity contribution < 1.29 is 4.74 Å². The lowest BCUT2D eigenvalue weighted by Gasteiger charge is -2.37. The van der Waals surface area contributed by atoms with Gasteiger partial charge in [-0.3, -0.25) is 0 Å². The molecular formula is C19H27IN4OS. The third kappa shape index (κ3) is 5.51. The number of ether oxygens (including phenoxy) is 1. The average Bonchev–Trinajstić information content (AvgIpc) is 3.20. The highest BCUT2D eigenvalue weighted by molar-refractivity contribution is 14.0. The molecule has 1 fully saturated rings. The molecule has 2 heterocycles. The van der Waals surface area contributed by atoms with Crippen LogP contribution in [0.15, 0.2) is 46.8 Å². The van der Waals surface area contributed by atoms with Crippen LogP contribution in [0.5, 0.6) is 5.75 Å². The van der Waals surface area contributed by atoms with E-state index >= 15 is 0 Å². The molecule has 1 aromatic carbocycles. The molecule has 0 saturated carbocycles. The Hall–Kier alpha value is -1.48. The number of hydrogen-bond donors (Lipinski definition) is 1. The second-order valence-electron chi connectivity index (χ2n) is 5.94. The zero-order valence-corrected chi connectivity index (χ0v) is 18.5. The minimum Gasteiger partial charge on any atom is -0.497 e. The minimum absolute atomic E-state index is 0. The van der Waals surface area contributed by atoms with E-state index < -0.39 is 0 Å². The highest BCUT2D eigenvalue weighted by Crippen LogP contribution is 2.22. The molecule has 0 amide bonds. The number of aliphatic imine (C=N–C) groups is 1. The highest BCUT2D eigenvalue weighted by Gasteiger charge is 2.20. The standard InChI is InChI=1S/C19H26N4OS.HI/c1-3-20-19(21-15-16-6-8-17(24-2)9-7-16)23-12-10-22(11-13-23)18-5-4-14-25-18;/h4-9,14H,3,10-13,15H2,1-2H3,(H,20,21);1H. The van der Waals surface area contributed by atoms with Gasteiger partial charge in [-0.15, -0.1) is 35.3 Å². The van der Waals surface area contributed by atoms with Gasteiger partial charge in [-0.05, 0) is 42.1 Å². The maximum atomic E-state index is 5.21. The van der Waals surface area contributed by atoms with Gasteiger partial charge in [0.05, 0.1) is 18.7 Å². The van der Waals surface area contributed by atoms with Gasteiger partial charge in [0, 0.05) is 32.7 Å². The Labute approximate surface area is 177 Å². The Balaban J connectivity index is 0.00000243. The average molecular weight is 486 g/mol. The van der Waals surface area contributed by atoms with Crippen LogP contribution >= 0.6 is 35.3 Å². The molecule has 0 spiro atoms. The summed E-state index contributed by atoms with van der Waals surface area (Å²) in [6, 6.07) is 12.4. The summed E-state index contributed by atoms with van der Waals surface area (Å²) in [7, 11) is 1.69. The second-order valence-corrected chi connectivity index (χ2v) is 6.87. The van der Waals surface area contributed by atoms with Gasteiger partial charge in [0.1, 0.15) is 5.75 Å². The quantitative estimate of drug-likeness (QED) is 0.398. The monoisotopic (exact) mass is 486 g/mol. The number of guanidine groups is 1. The molecule has 0 unspecified atom stereocenters. The Morgan fingerprint density at radius 1 is 1.15 bits per heavy atom. The molecule has 1 aromatic heterocycles. The van der Waals surface area contributed by atoms with Crippen LogP contribution < -0.4 is 15.0 Å². The van der Waals surface area contributed by atoms with E-state index in [9.17, 15) is 0 Å². The molecule has 1 aliphatic rings. The van der Waals surface area contributed by atoms with Gasteiger partial charge in [0.2, 0.25) is 0 Å². The topological polar surface area (TPSA) is 40.1 Å². The van der Waals surface area contributed by atoms with Crippen LogP contribution in [0.4, 0.5) is 5.00 Å². The fourth-order valence-corrected chi connectivity index (χ4v) is 3.70. The molecule has 0 atom stereocenters. The number of nitrogens with one attached hydrogen (secondary N) is 1. The molecule has 0 bridgehead atoms. The predicted molar refractivity (Wildman–Crippen MR) is 121 cm³/mol. The first-order chi connectivity index (χ1) is 12.3. The zero-order valence-electron chi connectivity index (χ0n) is 15.4. The summed E-state index contributed by atoms with van der Waals surface area (Å²) in [6.45, 7) is 7.73. The summed E-state index contributed by atoms with van der Waals surface area (Å²) in [5, 5.41) is 6.93. The fraction of sp³-hybridized carbons (Fsp3) is 0.421. The lowest BCUT2D eigenvalue weighted by atomic mass is 10.2. The predicted octanol–water partition coefficient (Wildman–Crippen LogP) is 3.66. The maximum Gasteiger partial charge on any atom is 0.194 e. The lowest BCUT2D eigenvalue weighted by molar-refractivity contribution is 0.373. The molecule has 1 N–H and O–H groups in total. The molecule has 0 aliphatic carbocycles. The van der Waals surface area contributed by atoms with E-state index in [2.05, 4.69) is 51.7 Å². The number of nitrogens with zero attached hydrogens (tertiary/aromatic N) is 3. The molecule has 0 radical (unpaired) electrons. The van der Waals surface area contributed by atoms with E-state index in [0.717, 1.165) is 44.4 Å². The minimum atomic E-state index is 0. The van der Waals surface area contributed by atoms with Gasteiger partial charge >= 0.3 is 0 Å². The van der Waals surface area contributed by atoms with Gasteiger partial charge in [-0.25, -0.2) is 4.99 Å². The molecule has 2 aromatic rings. The molecule has 1 aliphatic heterocycles. The van der Waals surface area contributed by atoms with E-state index in [-0.39, 0.29) is 24.0 Å². The lowest BCUT2D eigenvalue weighted by Crippen LogP contribution is -2.52. The van der Waals surface area contributed by atoms with Crippen molar-refractivity contribution in [3.05, 3.63) is 47.3 Å². The van der Waals surface area contributed by atoms with Crippen molar-refractivity contribution in [2.75, 3.05) is 44.7 Å². The van der Waals surface area contributed by atoms with Crippen molar-refractivity contribution in [1.82, 2.24) is 10.2 Å². The zero-order chi connectivity index (χ0) is 17.5. The van der Waals surface area contributed by atoms with Crippen LogP contribution in [0, 0.1) is 0 Å². The Morgan fingerprint density at radius 3 is 2.46 bits per heavy atom. The van der Waals surface area contributed by atoms with Crippen LogP contribution in [-0.4, -0.2) is 50.7 Å². The first-order valence-corrected chi connectivity index (χ1v) is 9.62. The Kier molecular flexibility index (Phi) is 8.50. The number of benzene rings is 1. The van der Waals surface area contributed by atoms with Crippen molar-refractivity contribution in [1.29, 1.82) is 0 Å². The Morgan fingerprint density at radius 2 is 1.88 bits per heavy atom.